The Hall–Kier alpha value is -3.28. The molecule has 0 aliphatic heterocycles. The molecule has 2 rings (SSSR count). The second kappa shape index (κ2) is 10.5. The third-order valence-corrected chi connectivity index (χ3v) is 4.22. The highest BCUT2D eigenvalue weighted by molar-refractivity contribution is 5.91. The number of amides is 1. The molecule has 0 heterocycles. The summed E-state index contributed by atoms with van der Waals surface area (Å²) in [5.41, 5.74) is -2.62. The number of ether oxygens (including phenoxy) is 3. The second-order valence-corrected chi connectivity index (χ2v) is 7.08. The van der Waals surface area contributed by atoms with E-state index in [2.05, 4.69) is 0 Å². The van der Waals surface area contributed by atoms with Gasteiger partial charge in [0.2, 0.25) is 0 Å². The summed E-state index contributed by atoms with van der Waals surface area (Å²) in [7, 11) is 0. The zero-order valence-corrected chi connectivity index (χ0v) is 17.9. The van der Waals surface area contributed by atoms with E-state index in [1.165, 1.54) is 29.0 Å². The van der Waals surface area contributed by atoms with E-state index in [1.807, 2.05) is 10.1 Å². The van der Waals surface area contributed by atoms with Crippen LogP contribution in [0.4, 0.5) is 62.8 Å². The highest BCUT2D eigenvalue weighted by Crippen LogP contribution is 2.54. The molecule has 0 aliphatic carbocycles. The van der Waals surface area contributed by atoms with Gasteiger partial charge in [0.05, 0.1) is 0 Å². The summed E-state index contributed by atoms with van der Waals surface area (Å²) >= 11 is 0. The van der Waals surface area contributed by atoms with Crippen LogP contribution in [0.3, 0.4) is 0 Å². The Morgan fingerprint density at radius 1 is 0.684 bits per heavy atom. The number of anilines is 1. The minimum absolute atomic E-state index is 0.0648. The zero-order chi connectivity index (χ0) is 29.2. The van der Waals surface area contributed by atoms with Gasteiger partial charge < -0.3 is 10.1 Å². The van der Waals surface area contributed by atoms with Crippen LogP contribution >= 0.6 is 0 Å². The topological polar surface area (TPSA) is 56.8 Å². The monoisotopic (exact) mass is 577 g/mol. The molecule has 2 aromatic carbocycles. The molecule has 18 heteroatoms. The molecule has 0 aromatic heterocycles. The summed E-state index contributed by atoms with van der Waals surface area (Å²) in [4.78, 5) is 11.9. The van der Waals surface area contributed by atoms with Crippen molar-refractivity contribution >= 4 is 11.6 Å². The van der Waals surface area contributed by atoms with Crippen molar-refractivity contribution in [3.8, 4) is 5.75 Å². The number of carbonyl (C=O) groups excluding carboxylic acids is 1. The van der Waals surface area contributed by atoms with Crippen molar-refractivity contribution in [1.29, 1.82) is 0 Å². The van der Waals surface area contributed by atoms with Gasteiger partial charge in [-0.25, -0.2) is 9.47 Å². The van der Waals surface area contributed by atoms with Gasteiger partial charge in [0.15, 0.2) is 6.61 Å². The Balaban J connectivity index is 2.22. The van der Waals surface area contributed by atoms with Gasteiger partial charge in [-0.2, -0.15) is 43.9 Å². The number of hydrogen-bond donors (Lipinski definition) is 1. The summed E-state index contributed by atoms with van der Waals surface area (Å²) in [6.07, 6.45) is -28.0. The van der Waals surface area contributed by atoms with Gasteiger partial charge >= 0.3 is 36.5 Å². The second-order valence-electron chi connectivity index (χ2n) is 7.08. The van der Waals surface area contributed by atoms with Gasteiger partial charge in [-0.15, -0.1) is 13.2 Å². The van der Waals surface area contributed by atoms with Crippen molar-refractivity contribution in [2.45, 2.75) is 36.5 Å². The molecule has 0 aliphatic rings. The van der Waals surface area contributed by atoms with Gasteiger partial charge in [-0.1, -0.05) is 30.3 Å². The average Bonchev–Trinajstić information content (AvgIpc) is 2.76. The molecule has 1 N–H and O–H groups in total. The fourth-order valence-corrected chi connectivity index (χ4v) is 2.49. The summed E-state index contributed by atoms with van der Waals surface area (Å²) in [6.45, 7) is -0.723. The quantitative estimate of drug-likeness (QED) is 0.300. The van der Waals surface area contributed by atoms with Crippen molar-refractivity contribution in [3.05, 3.63) is 60.2 Å². The molecule has 212 valence electrons. The van der Waals surface area contributed by atoms with Crippen LogP contribution in [0, 0.1) is 0 Å². The van der Waals surface area contributed by atoms with E-state index < -0.39 is 60.3 Å². The first-order valence-electron chi connectivity index (χ1n) is 9.56. The standard InChI is InChI=1S/C20H12F13NO4/c21-15(22,17(25,26)37-18(27,28)16(23,24)19(29,30)38-20(31,32)33)11-5-4-6-12(9-11)34-14(35)10-36-13-7-2-1-3-8-13/h1-9H,10H2,(H,34,35). The molecular formula is C20H12F13NO4. The number of hydrogen-bond acceptors (Lipinski definition) is 4. The SMILES string of the molecule is O=C(COc1ccccc1)Nc1cccc(C(F)(F)C(F)(F)OC(F)(F)C(F)(F)C(F)(F)OC(F)(F)F)c1. The fourth-order valence-electron chi connectivity index (χ4n) is 2.49. The third-order valence-electron chi connectivity index (χ3n) is 4.22. The highest BCUT2D eigenvalue weighted by atomic mass is 19.4. The van der Waals surface area contributed by atoms with Crippen molar-refractivity contribution in [2.24, 2.45) is 0 Å². The maximum absolute atomic E-state index is 14.3. The predicted octanol–water partition coefficient (Wildman–Crippen LogP) is 6.76. The maximum atomic E-state index is 14.3. The third kappa shape index (κ3) is 6.97. The molecule has 5 nitrogen and oxygen atoms in total. The van der Waals surface area contributed by atoms with Crippen LogP contribution in [-0.2, 0) is 20.2 Å². The number of rotatable bonds is 11. The van der Waals surface area contributed by atoms with Crippen LogP contribution in [0.25, 0.3) is 0 Å². The normalized spacial score (nSPS) is 13.8. The first-order chi connectivity index (χ1) is 17.1. The lowest BCUT2D eigenvalue weighted by Gasteiger charge is -2.35. The summed E-state index contributed by atoms with van der Waals surface area (Å²) in [5.74, 6) is -14.4. The van der Waals surface area contributed by atoms with Crippen molar-refractivity contribution in [1.82, 2.24) is 0 Å². The van der Waals surface area contributed by atoms with Gasteiger partial charge in [-0.3, -0.25) is 4.79 Å². The summed E-state index contributed by atoms with van der Waals surface area (Å²) < 4.78 is 180. The minimum Gasteiger partial charge on any atom is -0.484 e. The Labute approximate surface area is 203 Å². The average molecular weight is 577 g/mol. The molecule has 0 radical (unpaired) electrons. The maximum Gasteiger partial charge on any atom is 0.527 e. The van der Waals surface area contributed by atoms with Crippen LogP contribution < -0.4 is 10.1 Å². The van der Waals surface area contributed by atoms with Crippen LogP contribution in [0.1, 0.15) is 5.56 Å². The fraction of sp³-hybridized carbons (Fsp3) is 0.350. The Kier molecular flexibility index (Phi) is 8.52. The molecule has 0 atom stereocenters. The van der Waals surface area contributed by atoms with Crippen molar-refractivity contribution < 1.29 is 76.1 Å². The molecule has 1 amide bonds. The van der Waals surface area contributed by atoms with Crippen molar-refractivity contribution in [3.63, 3.8) is 0 Å². The number of carbonyl (C=O) groups is 1. The molecule has 0 fully saturated rings. The first kappa shape index (κ1) is 30.9. The number of benzene rings is 2. The molecule has 0 saturated heterocycles. The minimum atomic E-state index is -7.52. The van der Waals surface area contributed by atoms with Crippen LogP contribution in [-0.4, -0.2) is 43.1 Å². The number of halogens is 13. The Bertz CT molecular complexity index is 1110. The molecule has 2 aromatic rings. The predicted molar refractivity (Wildman–Crippen MR) is 98.9 cm³/mol. The summed E-state index contributed by atoms with van der Waals surface area (Å²) in [6, 6.07) is 9.15. The van der Waals surface area contributed by atoms with E-state index in [-0.39, 0.29) is 17.9 Å². The van der Waals surface area contributed by atoms with Crippen molar-refractivity contribution in [2.75, 3.05) is 11.9 Å². The molecule has 0 spiro atoms. The largest absolute Gasteiger partial charge is 0.527 e. The van der Waals surface area contributed by atoms with Gasteiger partial charge in [0.1, 0.15) is 5.75 Å². The summed E-state index contributed by atoms with van der Waals surface area (Å²) in [5, 5.41) is 1.92. The molecule has 0 bridgehead atoms. The highest BCUT2D eigenvalue weighted by Gasteiger charge is 2.80. The van der Waals surface area contributed by atoms with Crippen LogP contribution in [0.15, 0.2) is 54.6 Å². The molecule has 0 unspecified atom stereocenters. The Morgan fingerprint density at radius 3 is 1.79 bits per heavy atom. The first-order valence-corrected chi connectivity index (χ1v) is 9.56. The van der Waals surface area contributed by atoms with Gasteiger partial charge in [0, 0.05) is 11.3 Å². The smallest absolute Gasteiger partial charge is 0.484 e. The number of nitrogens with one attached hydrogen (secondary N) is 1. The lowest BCUT2D eigenvalue weighted by molar-refractivity contribution is -0.535. The van der Waals surface area contributed by atoms with Gasteiger partial charge in [0.25, 0.3) is 5.91 Å². The van der Waals surface area contributed by atoms with E-state index in [0.29, 0.717) is 6.07 Å². The Morgan fingerprint density at radius 2 is 1.24 bits per heavy atom. The zero-order valence-electron chi connectivity index (χ0n) is 17.9. The molecule has 38 heavy (non-hydrogen) atoms. The number of alkyl halides is 13. The van der Waals surface area contributed by atoms with E-state index >= 15 is 0 Å². The molecule has 0 saturated carbocycles. The lowest BCUT2D eigenvalue weighted by Crippen LogP contribution is -2.61. The van der Waals surface area contributed by atoms with E-state index in [1.54, 1.807) is 6.07 Å². The van der Waals surface area contributed by atoms with Gasteiger partial charge in [-0.05, 0) is 24.3 Å². The van der Waals surface area contributed by atoms with E-state index in [9.17, 15) is 61.9 Å². The van der Waals surface area contributed by atoms with Crippen LogP contribution in [0.5, 0.6) is 5.75 Å². The lowest BCUT2D eigenvalue weighted by atomic mass is 10.1. The van der Waals surface area contributed by atoms with Crippen LogP contribution in [0.2, 0.25) is 0 Å². The van der Waals surface area contributed by atoms with E-state index in [4.69, 9.17) is 4.74 Å². The molecular weight excluding hydrogens is 565 g/mol. The number of para-hydroxylation sites is 1. The van der Waals surface area contributed by atoms with E-state index in [0.717, 1.165) is 6.07 Å².